The molecule has 0 radical (unpaired) electrons. The fourth-order valence-electron chi connectivity index (χ4n) is 1.41. The van der Waals surface area contributed by atoms with Gasteiger partial charge in [-0.1, -0.05) is 20.8 Å². The highest BCUT2D eigenvalue weighted by atomic mass is 16.3. The van der Waals surface area contributed by atoms with E-state index in [0.29, 0.717) is 12.0 Å². The molecule has 0 spiro atoms. The first kappa shape index (κ1) is 12.9. The molecule has 1 atom stereocenters. The van der Waals surface area contributed by atoms with Crippen LogP contribution < -0.4 is 5.32 Å². The Balaban J connectivity index is 3.62. The maximum Gasteiger partial charge on any atom is 0.0603 e. The Morgan fingerprint density at radius 2 is 1.85 bits per heavy atom. The van der Waals surface area contributed by atoms with Gasteiger partial charge in [0.05, 0.1) is 5.60 Å². The van der Waals surface area contributed by atoms with E-state index < -0.39 is 5.60 Å². The predicted molar refractivity (Wildman–Crippen MR) is 57.8 cm³/mol. The van der Waals surface area contributed by atoms with E-state index in [9.17, 15) is 5.11 Å². The van der Waals surface area contributed by atoms with Gasteiger partial charge in [-0.05, 0) is 39.2 Å². The molecule has 0 saturated heterocycles. The summed E-state index contributed by atoms with van der Waals surface area (Å²) in [6.07, 6.45) is 1.97. The van der Waals surface area contributed by atoms with Crippen molar-refractivity contribution in [3.63, 3.8) is 0 Å². The Hall–Kier alpha value is -0.0800. The summed E-state index contributed by atoms with van der Waals surface area (Å²) in [7, 11) is 0. The Kier molecular flexibility index (Phi) is 5.57. The van der Waals surface area contributed by atoms with Crippen molar-refractivity contribution in [2.24, 2.45) is 5.92 Å². The molecule has 0 aromatic carbocycles. The zero-order valence-electron chi connectivity index (χ0n) is 9.72. The molecule has 0 amide bonds. The standard InChI is InChI=1S/C11H25NO/c1-6-10(9(2)3)12-8-7-11(4,5)13/h9-10,12-13H,6-8H2,1-5H3. The zero-order chi connectivity index (χ0) is 10.5. The van der Waals surface area contributed by atoms with Crippen molar-refractivity contribution in [3.8, 4) is 0 Å². The van der Waals surface area contributed by atoms with Crippen molar-refractivity contribution in [2.75, 3.05) is 6.54 Å². The molecule has 0 saturated carbocycles. The van der Waals surface area contributed by atoms with E-state index in [2.05, 4.69) is 26.1 Å². The minimum atomic E-state index is -0.539. The van der Waals surface area contributed by atoms with Crippen LogP contribution in [0.5, 0.6) is 0 Å². The van der Waals surface area contributed by atoms with Crippen molar-refractivity contribution < 1.29 is 5.11 Å². The molecule has 2 N–H and O–H groups in total. The second-order valence-corrected chi connectivity index (χ2v) is 4.78. The highest BCUT2D eigenvalue weighted by Crippen LogP contribution is 2.08. The van der Waals surface area contributed by atoms with E-state index in [4.69, 9.17) is 0 Å². The van der Waals surface area contributed by atoms with Crippen LogP contribution in [-0.4, -0.2) is 23.3 Å². The van der Waals surface area contributed by atoms with Crippen LogP contribution in [0, 0.1) is 5.92 Å². The number of aliphatic hydroxyl groups is 1. The Morgan fingerprint density at radius 3 is 2.15 bits per heavy atom. The lowest BCUT2D eigenvalue weighted by Crippen LogP contribution is -2.36. The van der Waals surface area contributed by atoms with E-state index in [0.717, 1.165) is 19.4 Å². The molecule has 0 aliphatic rings. The van der Waals surface area contributed by atoms with Crippen molar-refractivity contribution in [2.45, 2.75) is 59.1 Å². The van der Waals surface area contributed by atoms with Gasteiger partial charge >= 0.3 is 0 Å². The Morgan fingerprint density at radius 1 is 1.31 bits per heavy atom. The highest BCUT2D eigenvalue weighted by molar-refractivity contribution is 4.72. The maximum absolute atomic E-state index is 9.50. The number of rotatable bonds is 6. The molecule has 0 aromatic rings. The average molecular weight is 187 g/mol. The summed E-state index contributed by atoms with van der Waals surface area (Å²) in [4.78, 5) is 0. The molecule has 1 unspecified atom stereocenters. The lowest BCUT2D eigenvalue weighted by Gasteiger charge is -2.23. The van der Waals surface area contributed by atoms with E-state index in [1.165, 1.54) is 0 Å². The summed E-state index contributed by atoms with van der Waals surface area (Å²) in [5.41, 5.74) is -0.539. The quantitative estimate of drug-likeness (QED) is 0.668. The largest absolute Gasteiger partial charge is 0.390 e. The lowest BCUT2D eigenvalue weighted by molar-refractivity contribution is 0.0697. The maximum atomic E-state index is 9.50. The number of hydrogen-bond donors (Lipinski definition) is 2. The molecule has 0 bridgehead atoms. The van der Waals surface area contributed by atoms with E-state index >= 15 is 0 Å². The third-order valence-corrected chi connectivity index (χ3v) is 2.39. The molecule has 0 aromatic heterocycles. The second-order valence-electron chi connectivity index (χ2n) is 4.78. The van der Waals surface area contributed by atoms with Gasteiger partial charge in [-0.15, -0.1) is 0 Å². The van der Waals surface area contributed by atoms with Crippen LogP contribution in [0.3, 0.4) is 0 Å². The smallest absolute Gasteiger partial charge is 0.0603 e. The summed E-state index contributed by atoms with van der Waals surface area (Å²) in [6, 6.07) is 0.586. The van der Waals surface area contributed by atoms with Gasteiger partial charge in [0.25, 0.3) is 0 Å². The van der Waals surface area contributed by atoms with Gasteiger partial charge in [0.15, 0.2) is 0 Å². The molecule has 0 aliphatic heterocycles. The normalized spacial score (nSPS) is 15.0. The van der Waals surface area contributed by atoms with Crippen LogP contribution in [0.15, 0.2) is 0 Å². The topological polar surface area (TPSA) is 32.3 Å². The third kappa shape index (κ3) is 7.03. The molecule has 0 aliphatic carbocycles. The summed E-state index contributed by atoms with van der Waals surface area (Å²) in [5, 5.41) is 13.0. The molecule has 13 heavy (non-hydrogen) atoms. The van der Waals surface area contributed by atoms with E-state index in [1.807, 2.05) is 13.8 Å². The fourth-order valence-corrected chi connectivity index (χ4v) is 1.41. The molecule has 2 heteroatoms. The molecular weight excluding hydrogens is 162 g/mol. The predicted octanol–water partition coefficient (Wildman–Crippen LogP) is 2.17. The van der Waals surface area contributed by atoms with Crippen LogP contribution in [0.25, 0.3) is 0 Å². The summed E-state index contributed by atoms with van der Waals surface area (Å²) in [6.45, 7) is 11.3. The summed E-state index contributed by atoms with van der Waals surface area (Å²) < 4.78 is 0. The fraction of sp³-hybridized carbons (Fsp3) is 1.00. The van der Waals surface area contributed by atoms with Crippen molar-refractivity contribution in [1.82, 2.24) is 5.32 Å². The zero-order valence-corrected chi connectivity index (χ0v) is 9.72. The third-order valence-electron chi connectivity index (χ3n) is 2.39. The first-order chi connectivity index (χ1) is 5.87. The average Bonchev–Trinajstić information content (AvgIpc) is 1.95. The van der Waals surface area contributed by atoms with Crippen LogP contribution in [0.1, 0.15) is 47.5 Å². The molecule has 80 valence electrons. The van der Waals surface area contributed by atoms with Gasteiger partial charge in [-0.3, -0.25) is 0 Å². The lowest BCUT2D eigenvalue weighted by atomic mass is 10.0. The van der Waals surface area contributed by atoms with Gasteiger partial charge < -0.3 is 10.4 Å². The Labute approximate surface area is 82.7 Å². The minimum absolute atomic E-state index is 0.539. The van der Waals surface area contributed by atoms with E-state index in [1.54, 1.807) is 0 Å². The van der Waals surface area contributed by atoms with Gasteiger partial charge in [0.1, 0.15) is 0 Å². The number of hydrogen-bond acceptors (Lipinski definition) is 2. The van der Waals surface area contributed by atoms with Crippen LogP contribution in [0.2, 0.25) is 0 Å². The summed E-state index contributed by atoms with van der Waals surface area (Å²) >= 11 is 0. The van der Waals surface area contributed by atoms with Crippen LogP contribution in [-0.2, 0) is 0 Å². The van der Waals surface area contributed by atoms with Crippen molar-refractivity contribution in [3.05, 3.63) is 0 Å². The Bertz CT molecular complexity index is 127. The molecular formula is C11H25NO. The minimum Gasteiger partial charge on any atom is -0.390 e. The van der Waals surface area contributed by atoms with Crippen LogP contribution in [0.4, 0.5) is 0 Å². The second kappa shape index (κ2) is 5.61. The number of nitrogens with one attached hydrogen (secondary N) is 1. The van der Waals surface area contributed by atoms with E-state index in [-0.39, 0.29) is 0 Å². The summed E-state index contributed by atoms with van der Waals surface area (Å²) in [5.74, 6) is 0.673. The van der Waals surface area contributed by atoms with Gasteiger partial charge in [0, 0.05) is 6.04 Å². The molecule has 0 heterocycles. The van der Waals surface area contributed by atoms with Crippen molar-refractivity contribution >= 4 is 0 Å². The molecule has 0 rings (SSSR count). The molecule has 0 fully saturated rings. The monoisotopic (exact) mass is 187 g/mol. The highest BCUT2D eigenvalue weighted by Gasteiger charge is 2.14. The van der Waals surface area contributed by atoms with Gasteiger partial charge in [-0.2, -0.15) is 0 Å². The molecule has 2 nitrogen and oxygen atoms in total. The SMILES string of the molecule is CCC(NCCC(C)(C)O)C(C)C. The van der Waals surface area contributed by atoms with Gasteiger partial charge in [0.2, 0.25) is 0 Å². The van der Waals surface area contributed by atoms with Gasteiger partial charge in [-0.25, -0.2) is 0 Å². The van der Waals surface area contributed by atoms with Crippen molar-refractivity contribution in [1.29, 1.82) is 0 Å². The first-order valence-electron chi connectivity index (χ1n) is 5.32. The first-order valence-corrected chi connectivity index (χ1v) is 5.32. The van der Waals surface area contributed by atoms with Crippen LogP contribution >= 0.6 is 0 Å².